The van der Waals surface area contributed by atoms with Crippen LogP contribution in [0, 0.1) is 16.0 Å². The molecule has 21 heavy (non-hydrogen) atoms. The number of carbonyl (C=O) groups is 1. The first-order valence-electron chi connectivity index (χ1n) is 6.75. The van der Waals surface area contributed by atoms with Crippen LogP contribution in [0.2, 0.25) is 10.0 Å². The Kier molecular flexibility index (Phi) is 6.92. The van der Waals surface area contributed by atoms with E-state index in [9.17, 15) is 14.9 Å². The number of nitro benzene ring substituents is 1. The van der Waals surface area contributed by atoms with E-state index in [0.29, 0.717) is 12.8 Å². The zero-order chi connectivity index (χ0) is 16.0. The summed E-state index contributed by atoms with van der Waals surface area (Å²) in [5.74, 6) is -1.04. The van der Waals surface area contributed by atoms with E-state index in [1.165, 1.54) is 6.07 Å². The molecule has 1 aromatic carbocycles. The van der Waals surface area contributed by atoms with Crippen LogP contribution in [0.5, 0.6) is 5.75 Å². The van der Waals surface area contributed by atoms with Crippen molar-refractivity contribution in [3.8, 4) is 5.75 Å². The van der Waals surface area contributed by atoms with E-state index in [-0.39, 0.29) is 21.7 Å². The lowest BCUT2D eigenvalue weighted by Gasteiger charge is -2.14. The number of hydrogen-bond donors (Lipinski definition) is 0. The van der Waals surface area contributed by atoms with Crippen LogP contribution in [0.25, 0.3) is 0 Å². The van der Waals surface area contributed by atoms with Crippen LogP contribution < -0.4 is 4.74 Å². The zero-order valence-corrected chi connectivity index (χ0v) is 13.4. The summed E-state index contributed by atoms with van der Waals surface area (Å²) in [4.78, 5) is 22.5. The summed E-state index contributed by atoms with van der Waals surface area (Å²) in [6.45, 7) is 3.90. The number of hydrogen-bond acceptors (Lipinski definition) is 4. The van der Waals surface area contributed by atoms with Gasteiger partial charge < -0.3 is 4.74 Å². The van der Waals surface area contributed by atoms with Crippen molar-refractivity contribution in [3.05, 3.63) is 32.3 Å². The molecule has 1 aromatic rings. The normalized spacial score (nSPS) is 12.0. The minimum Gasteiger partial charge on any atom is -0.417 e. The quantitative estimate of drug-likeness (QED) is 0.304. The predicted octanol–water partition coefficient (Wildman–Crippen LogP) is 5.02. The topological polar surface area (TPSA) is 69.4 Å². The lowest BCUT2D eigenvalue weighted by Crippen LogP contribution is -2.20. The summed E-state index contributed by atoms with van der Waals surface area (Å²) in [5, 5.41) is 11.1. The van der Waals surface area contributed by atoms with Gasteiger partial charge in [0.25, 0.3) is 0 Å². The van der Waals surface area contributed by atoms with Gasteiger partial charge in [-0.15, -0.1) is 0 Å². The molecular weight excluding hydrogens is 317 g/mol. The maximum absolute atomic E-state index is 12.1. The number of nitro groups is 1. The summed E-state index contributed by atoms with van der Waals surface area (Å²) in [6, 6.07) is 2.43. The van der Waals surface area contributed by atoms with Gasteiger partial charge in [0, 0.05) is 11.1 Å². The highest BCUT2D eigenvalue weighted by Crippen LogP contribution is 2.38. The average Bonchev–Trinajstić information content (AvgIpc) is 2.42. The van der Waals surface area contributed by atoms with Crippen molar-refractivity contribution in [2.75, 3.05) is 0 Å². The molecule has 0 N–H and O–H groups in total. The van der Waals surface area contributed by atoms with Gasteiger partial charge in [-0.25, -0.2) is 0 Å². The molecule has 0 spiro atoms. The highest BCUT2D eigenvalue weighted by atomic mass is 35.5. The van der Waals surface area contributed by atoms with Gasteiger partial charge >= 0.3 is 11.7 Å². The standard InChI is InChI=1S/C14H17Cl2NO4/c1-3-5-6-9(4-2)14(18)21-13-11(16)7-10(15)8-12(13)17(19)20/h7-9H,3-6H2,1-2H3/t9-/m1/s1. The van der Waals surface area contributed by atoms with E-state index < -0.39 is 16.6 Å². The molecule has 0 heterocycles. The third-order valence-electron chi connectivity index (χ3n) is 3.12. The number of benzene rings is 1. The molecule has 1 atom stereocenters. The monoisotopic (exact) mass is 333 g/mol. The Balaban J connectivity index is 3.01. The van der Waals surface area contributed by atoms with Gasteiger partial charge in [0.2, 0.25) is 5.75 Å². The largest absolute Gasteiger partial charge is 0.417 e. The Bertz CT molecular complexity index is 534. The van der Waals surface area contributed by atoms with Crippen LogP contribution in [0.3, 0.4) is 0 Å². The molecule has 0 aliphatic heterocycles. The summed E-state index contributed by atoms with van der Waals surface area (Å²) in [5.41, 5.74) is -0.411. The summed E-state index contributed by atoms with van der Waals surface area (Å²) < 4.78 is 5.17. The first-order chi connectivity index (χ1) is 9.90. The van der Waals surface area contributed by atoms with Crippen molar-refractivity contribution in [1.82, 2.24) is 0 Å². The Labute approximate surface area is 133 Å². The van der Waals surface area contributed by atoms with E-state index in [1.807, 2.05) is 13.8 Å². The number of unbranched alkanes of at least 4 members (excludes halogenated alkanes) is 1. The first-order valence-corrected chi connectivity index (χ1v) is 7.51. The molecule has 0 aliphatic rings. The second-order valence-electron chi connectivity index (χ2n) is 4.66. The average molecular weight is 334 g/mol. The van der Waals surface area contributed by atoms with Crippen molar-refractivity contribution in [3.63, 3.8) is 0 Å². The van der Waals surface area contributed by atoms with E-state index in [4.69, 9.17) is 27.9 Å². The molecule has 0 saturated heterocycles. The number of halogens is 2. The number of rotatable bonds is 7. The van der Waals surface area contributed by atoms with Crippen molar-refractivity contribution >= 4 is 34.9 Å². The van der Waals surface area contributed by atoms with Crippen molar-refractivity contribution in [2.24, 2.45) is 5.92 Å². The highest BCUT2D eigenvalue weighted by Gasteiger charge is 2.26. The van der Waals surface area contributed by atoms with E-state index in [0.717, 1.165) is 18.9 Å². The fourth-order valence-electron chi connectivity index (χ4n) is 1.91. The van der Waals surface area contributed by atoms with Gasteiger partial charge in [-0.3, -0.25) is 14.9 Å². The van der Waals surface area contributed by atoms with Crippen LogP contribution >= 0.6 is 23.2 Å². The zero-order valence-electron chi connectivity index (χ0n) is 11.9. The number of ether oxygens (including phenoxy) is 1. The van der Waals surface area contributed by atoms with Crippen LogP contribution in [0.15, 0.2) is 12.1 Å². The smallest absolute Gasteiger partial charge is 0.314 e. The molecule has 7 heteroatoms. The third kappa shape index (κ3) is 4.86. The summed E-state index contributed by atoms with van der Waals surface area (Å²) in [6.07, 6.45) is 3.15. The molecule has 1 rings (SSSR count). The highest BCUT2D eigenvalue weighted by molar-refractivity contribution is 6.36. The molecule has 0 aromatic heterocycles. The maximum atomic E-state index is 12.1. The summed E-state index contributed by atoms with van der Waals surface area (Å²) in [7, 11) is 0. The summed E-state index contributed by atoms with van der Waals surface area (Å²) >= 11 is 11.6. The fourth-order valence-corrected chi connectivity index (χ4v) is 2.43. The Morgan fingerprint density at radius 2 is 2.05 bits per heavy atom. The molecule has 0 amide bonds. The molecule has 0 unspecified atom stereocenters. The number of esters is 1. The van der Waals surface area contributed by atoms with Gasteiger partial charge in [0.15, 0.2) is 0 Å². The van der Waals surface area contributed by atoms with Gasteiger partial charge in [-0.1, -0.05) is 49.9 Å². The van der Waals surface area contributed by atoms with Crippen LogP contribution in [0.4, 0.5) is 5.69 Å². The minimum absolute atomic E-state index is 0.0482. The second kappa shape index (κ2) is 8.20. The van der Waals surface area contributed by atoms with Crippen molar-refractivity contribution < 1.29 is 14.5 Å². The molecule has 0 aliphatic carbocycles. The van der Waals surface area contributed by atoms with Crippen molar-refractivity contribution in [1.29, 1.82) is 0 Å². The molecule has 0 radical (unpaired) electrons. The van der Waals surface area contributed by atoms with E-state index in [1.54, 1.807) is 0 Å². The van der Waals surface area contributed by atoms with Gasteiger partial charge in [-0.05, 0) is 18.9 Å². The maximum Gasteiger partial charge on any atom is 0.314 e. The first kappa shape index (κ1) is 17.7. The van der Waals surface area contributed by atoms with Crippen molar-refractivity contribution in [2.45, 2.75) is 39.5 Å². The van der Waals surface area contributed by atoms with E-state index in [2.05, 4.69) is 0 Å². The van der Waals surface area contributed by atoms with E-state index >= 15 is 0 Å². The Morgan fingerprint density at radius 1 is 1.38 bits per heavy atom. The van der Waals surface area contributed by atoms with Gasteiger partial charge in [0.05, 0.1) is 15.9 Å². The number of nitrogens with zero attached hydrogens (tertiary/aromatic N) is 1. The minimum atomic E-state index is -0.673. The van der Waals surface area contributed by atoms with Crippen LogP contribution in [-0.4, -0.2) is 10.9 Å². The molecule has 0 saturated carbocycles. The predicted molar refractivity (Wildman–Crippen MR) is 82.1 cm³/mol. The lowest BCUT2D eigenvalue weighted by atomic mass is 10.00. The van der Waals surface area contributed by atoms with Gasteiger partial charge in [0.1, 0.15) is 0 Å². The van der Waals surface area contributed by atoms with Crippen LogP contribution in [0.1, 0.15) is 39.5 Å². The fraction of sp³-hybridized carbons (Fsp3) is 0.500. The Hall–Kier alpha value is -1.33. The molecular formula is C14H17Cl2NO4. The lowest BCUT2D eigenvalue weighted by molar-refractivity contribution is -0.385. The SMILES string of the molecule is CCCC[C@@H](CC)C(=O)Oc1c(Cl)cc(Cl)cc1[N+](=O)[O-]. The van der Waals surface area contributed by atoms with Crippen LogP contribution in [-0.2, 0) is 4.79 Å². The second-order valence-corrected chi connectivity index (χ2v) is 5.51. The number of carbonyl (C=O) groups excluding carboxylic acids is 1. The third-order valence-corrected chi connectivity index (χ3v) is 3.62. The molecule has 0 bridgehead atoms. The molecule has 5 nitrogen and oxygen atoms in total. The molecule has 116 valence electrons. The van der Waals surface area contributed by atoms with Gasteiger partial charge in [-0.2, -0.15) is 0 Å². The molecule has 0 fully saturated rings. The Morgan fingerprint density at radius 3 is 2.57 bits per heavy atom.